The molecule has 5 nitrogen and oxygen atoms in total. The van der Waals surface area contributed by atoms with E-state index in [0.717, 1.165) is 5.56 Å². The third-order valence-corrected chi connectivity index (χ3v) is 4.60. The van der Waals surface area contributed by atoms with Crippen LogP contribution in [0.1, 0.15) is 12.0 Å². The number of carbonyl (C=O) groups excluding carboxylic acids is 1. The zero-order valence-corrected chi connectivity index (χ0v) is 13.9. The SMILES string of the molecule is O=C(CCNS(=O)(=O)c1ccccc1)OC/C=C\c1ccccc1. The fourth-order valence-corrected chi connectivity index (χ4v) is 2.98. The van der Waals surface area contributed by atoms with Gasteiger partial charge < -0.3 is 4.74 Å². The molecule has 0 bridgehead atoms. The molecular formula is C18H19NO4S. The molecule has 2 rings (SSSR count). The minimum atomic E-state index is -3.59. The van der Waals surface area contributed by atoms with Crippen LogP contribution in [0.5, 0.6) is 0 Å². The number of nitrogens with one attached hydrogen (secondary N) is 1. The van der Waals surface area contributed by atoms with Crippen LogP contribution in [0.15, 0.2) is 71.6 Å². The second-order valence-corrected chi connectivity index (χ2v) is 6.72. The summed E-state index contributed by atoms with van der Waals surface area (Å²) in [6.45, 7) is 0.150. The van der Waals surface area contributed by atoms with Crippen LogP contribution in [-0.4, -0.2) is 27.5 Å². The van der Waals surface area contributed by atoms with Crippen LogP contribution in [0.4, 0.5) is 0 Å². The average Bonchev–Trinajstić information content (AvgIpc) is 2.60. The van der Waals surface area contributed by atoms with E-state index in [-0.39, 0.29) is 24.5 Å². The Hall–Kier alpha value is -2.44. The van der Waals surface area contributed by atoms with Crippen LogP contribution >= 0.6 is 0 Å². The van der Waals surface area contributed by atoms with E-state index in [4.69, 9.17) is 4.74 Å². The molecule has 0 unspecified atom stereocenters. The van der Waals surface area contributed by atoms with Gasteiger partial charge in [-0.3, -0.25) is 4.79 Å². The highest BCUT2D eigenvalue weighted by atomic mass is 32.2. The van der Waals surface area contributed by atoms with Gasteiger partial charge in [-0.15, -0.1) is 0 Å². The molecule has 6 heteroatoms. The van der Waals surface area contributed by atoms with Crippen molar-refractivity contribution in [1.82, 2.24) is 4.72 Å². The monoisotopic (exact) mass is 345 g/mol. The lowest BCUT2D eigenvalue weighted by Gasteiger charge is -2.06. The van der Waals surface area contributed by atoms with E-state index in [2.05, 4.69) is 4.72 Å². The first-order chi connectivity index (χ1) is 11.6. The van der Waals surface area contributed by atoms with E-state index in [1.807, 2.05) is 36.4 Å². The summed E-state index contributed by atoms with van der Waals surface area (Å²) in [5.74, 6) is -0.455. The average molecular weight is 345 g/mol. The summed E-state index contributed by atoms with van der Waals surface area (Å²) in [6.07, 6.45) is 3.57. The number of rotatable bonds is 8. The molecule has 0 aliphatic heterocycles. The molecule has 2 aromatic rings. The first kappa shape index (κ1) is 17.9. The molecule has 0 heterocycles. The van der Waals surface area contributed by atoms with Crippen molar-refractivity contribution in [3.05, 3.63) is 72.3 Å². The van der Waals surface area contributed by atoms with Crippen molar-refractivity contribution in [2.45, 2.75) is 11.3 Å². The van der Waals surface area contributed by atoms with Gasteiger partial charge in [-0.2, -0.15) is 0 Å². The number of hydrogen-bond acceptors (Lipinski definition) is 4. The van der Waals surface area contributed by atoms with E-state index < -0.39 is 16.0 Å². The Morgan fingerprint density at radius 1 is 1.00 bits per heavy atom. The Balaban J connectivity index is 1.69. The molecule has 0 radical (unpaired) electrons. The van der Waals surface area contributed by atoms with Gasteiger partial charge in [0.1, 0.15) is 6.61 Å². The predicted octanol–water partition coefficient (Wildman–Crippen LogP) is 2.61. The molecule has 1 N–H and O–H groups in total. The van der Waals surface area contributed by atoms with Gasteiger partial charge in [0.15, 0.2) is 0 Å². The standard InChI is InChI=1S/C18H19NO4S/c20-18(23-15-7-10-16-8-3-1-4-9-16)13-14-19-24(21,22)17-11-5-2-6-12-17/h1-12,19H,13-15H2/b10-7-. The number of benzene rings is 2. The van der Waals surface area contributed by atoms with Crippen molar-refractivity contribution in [2.24, 2.45) is 0 Å². The topological polar surface area (TPSA) is 72.5 Å². The maximum absolute atomic E-state index is 12.0. The first-order valence-electron chi connectivity index (χ1n) is 7.50. The normalized spacial score (nSPS) is 11.5. The lowest BCUT2D eigenvalue weighted by molar-refractivity contribution is -0.142. The Morgan fingerprint density at radius 2 is 1.62 bits per heavy atom. The number of esters is 1. The smallest absolute Gasteiger partial charge is 0.307 e. The van der Waals surface area contributed by atoms with Crippen molar-refractivity contribution in [1.29, 1.82) is 0 Å². The second-order valence-electron chi connectivity index (χ2n) is 4.96. The van der Waals surface area contributed by atoms with Crippen molar-refractivity contribution >= 4 is 22.1 Å². The molecule has 24 heavy (non-hydrogen) atoms. The highest BCUT2D eigenvalue weighted by molar-refractivity contribution is 7.89. The fraction of sp³-hybridized carbons (Fsp3) is 0.167. The summed E-state index contributed by atoms with van der Waals surface area (Å²) < 4.78 is 31.3. The number of sulfonamides is 1. The van der Waals surface area contributed by atoms with Crippen molar-refractivity contribution in [3.63, 3.8) is 0 Å². The Morgan fingerprint density at radius 3 is 2.29 bits per heavy atom. The van der Waals surface area contributed by atoms with E-state index in [9.17, 15) is 13.2 Å². The lowest BCUT2D eigenvalue weighted by atomic mass is 10.2. The number of hydrogen-bond donors (Lipinski definition) is 1. The van der Waals surface area contributed by atoms with Gasteiger partial charge in [0.2, 0.25) is 10.0 Å². The predicted molar refractivity (Wildman–Crippen MR) is 92.7 cm³/mol. The van der Waals surface area contributed by atoms with Gasteiger partial charge in [0.25, 0.3) is 0 Å². The minimum Gasteiger partial charge on any atom is -0.461 e. The molecule has 0 fully saturated rings. The minimum absolute atomic E-state index is 0.00153. The van der Waals surface area contributed by atoms with Crippen molar-refractivity contribution < 1.29 is 17.9 Å². The summed E-state index contributed by atoms with van der Waals surface area (Å²) in [7, 11) is -3.59. The molecule has 0 saturated carbocycles. The Kier molecular flexibility index (Phi) is 6.72. The zero-order valence-electron chi connectivity index (χ0n) is 13.1. The maximum atomic E-state index is 12.0. The quantitative estimate of drug-likeness (QED) is 0.747. The Labute approximate surface area is 142 Å². The summed E-state index contributed by atoms with van der Waals surface area (Å²) >= 11 is 0. The summed E-state index contributed by atoms with van der Waals surface area (Å²) in [5, 5.41) is 0. The van der Waals surface area contributed by atoms with E-state index in [0.29, 0.717) is 0 Å². The lowest BCUT2D eigenvalue weighted by Crippen LogP contribution is -2.26. The van der Waals surface area contributed by atoms with Gasteiger partial charge in [-0.25, -0.2) is 13.1 Å². The number of ether oxygens (including phenoxy) is 1. The third kappa shape index (κ3) is 5.98. The van der Waals surface area contributed by atoms with Crippen molar-refractivity contribution in [2.75, 3.05) is 13.2 Å². The summed E-state index contributed by atoms with van der Waals surface area (Å²) in [5.41, 5.74) is 1.02. The van der Waals surface area contributed by atoms with Crippen LogP contribution in [0.3, 0.4) is 0 Å². The van der Waals surface area contributed by atoms with Crippen LogP contribution in [0, 0.1) is 0 Å². The van der Waals surface area contributed by atoms with E-state index >= 15 is 0 Å². The summed E-state index contributed by atoms with van der Waals surface area (Å²) in [4.78, 5) is 11.8. The van der Waals surface area contributed by atoms with Crippen LogP contribution in [0.2, 0.25) is 0 Å². The molecular weight excluding hydrogens is 326 g/mol. The van der Waals surface area contributed by atoms with Crippen LogP contribution in [-0.2, 0) is 19.6 Å². The van der Waals surface area contributed by atoms with Gasteiger partial charge in [0, 0.05) is 6.54 Å². The largest absolute Gasteiger partial charge is 0.461 e. The fourth-order valence-electron chi connectivity index (χ4n) is 1.93. The zero-order chi connectivity index (χ0) is 17.3. The maximum Gasteiger partial charge on any atom is 0.307 e. The molecule has 0 amide bonds. The van der Waals surface area contributed by atoms with Gasteiger partial charge in [-0.05, 0) is 23.8 Å². The molecule has 0 spiro atoms. The molecule has 126 valence electrons. The van der Waals surface area contributed by atoms with Crippen molar-refractivity contribution in [3.8, 4) is 0 Å². The highest BCUT2D eigenvalue weighted by Crippen LogP contribution is 2.06. The van der Waals surface area contributed by atoms with Crippen LogP contribution < -0.4 is 4.72 Å². The van der Waals surface area contributed by atoms with E-state index in [1.54, 1.807) is 24.3 Å². The third-order valence-electron chi connectivity index (χ3n) is 3.13. The highest BCUT2D eigenvalue weighted by Gasteiger charge is 2.13. The van der Waals surface area contributed by atoms with Crippen LogP contribution in [0.25, 0.3) is 6.08 Å². The second kappa shape index (κ2) is 9.00. The molecule has 0 aromatic heterocycles. The Bertz CT molecular complexity index is 771. The van der Waals surface area contributed by atoms with Gasteiger partial charge in [0.05, 0.1) is 11.3 Å². The molecule has 0 aliphatic carbocycles. The van der Waals surface area contributed by atoms with Gasteiger partial charge in [-0.1, -0.05) is 54.6 Å². The molecule has 0 atom stereocenters. The molecule has 2 aromatic carbocycles. The number of carbonyl (C=O) groups is 1. The summed E-state index contributed by atoms with van der Waals surface area (Å²) in [6, 6.07) is 17.7. The first-order valence-corrected chi connectivity index (χ1v) is 8.98. The molecule has 0 saturated heterocycles. The van der Waals surface area contributed by atoms with Gasteiger partial charge >= 0.3 is 5.97 Å². The molecule has 0 aliphatic rings. The van der Waals surface area contributed by atoms with E-state index in [1.165, 1.54) is 12.1 Å².